The Labute approximate surface area is 119 Å². The molecular weight excluding hydrogens is 282 g/mol. The summed E-state index contributed by atoms with van der Waals surface area (Å²) in [6, 6.07) is 0. The van der Waals surface area contributed by atoms with Crippen LogP contribution in [0.25, 0.3) is 0 Å². The number of allylic oxidation sites excluding steroid dienone is 1. The summed E-state index contributed by atoms with van der Waals surface area (Å²) in [5.74, 6) is 1.59. The van der Waals surface area contributed by atoms with Crippen LogP contribution in [0.1, 0.15) is 17.8 Å². The van der Waals surface area contributed by atoms with E-state index in [1.54, 1.807) is 11.8 Å². The van der Waals surface area contributed by atoms with Gasteiger partial charge in [-0.3, -0.25) is 0 Å². The summed E-state index contributed by atoms with van der Waals surface area (Å²) in [5.41, 5.74) is 0. The highest BCUT2D eigenvalue weighted by Crippen LogP contribution is 2.26. The molecule has 0 aliphatic carbocycles. The van der Waals surface area contributed by atoms with Gasteiger partial charge >= 0.3 is 0 Å². The number of aromatic nitrogens is 5. The van der Waals surface area contributed by atoms with Crippen LogP contribution >= 0.6 is 23.1 Å². The smallest absolute Gasteiger partial charge is 0.294 e. The van der Waals surface area contributed by atoms with Crippen molar-refractivity contribution in [1.82, 2.24) is 25.0 Å². The minimum atomic E-state index is 0.606. The molecule has 0 atom stereocenters. The van der Waals surface area contributed by atoms with Gasteiger partial charge in [-0.1, -0.05) is 29.2 Å². The van der Waals surface area contributed by atoms with E-state index >= 15 is 0 Å². The normalized spacial score (nSPS) is 10.6. The molecule has 2 aromatic heterocycles. The number of hydrogen-bond acceptors (Lipinski definition) is 7. The summed E-state index contributed by atoms with van der Waals surface area (Å²) in [5, 5.41) is 18.6. The Morgan fingerprint density at radius 3 is 2.95 bits per heavy atom. The minimum Gasteiger partial charge on any atom is -0.469 e. The van der Waals surface area contributed by atoms with Gasteiger partial charge in [-0.15, -0.1) is 27.0 Å². The molecule has 2 heterocycles. The third-order valence-electron chi connectivity index (χ3n) is 2.25. The second-order valence-electron chi connectivity index (χ2n) is 3.61. The van der Waals surface area contributed by atoms with Gasteiger partial charge in [-0.2, -0.15) is 0 Å². The van der Waals surface area contributed by atoms with E-state index in [2.05, 4.69) is 27.0 Å². The maximum absolute atomic E-state index is 5.29. The van der Waals surface area contributed by atoms with Gasteiger partial charge < -0.3 is 9.30 Å². The lowest BCUT2D eigenvalue weighted by Crippen LogP contribution is -1.99. The van der Waals surface area contributed by atoms with Crippen molar-refractivity contribution in [2.75, 3.05) is 6.61 Å². The van der Waals surface area contributed by atoms with E-state index in [0.717, 1.165) is 16.0 Å². The quantitative estimate of drug-likeness (QED) is 0.577. The van der Waals surface area contributed by atoms with Gasteiger partial charge in [0.25, 0.3) is 5.19 Å². The van der Waals surface area contributed by atoms with Crippen molar-refractivity contribution in [2.45, 2.75) is 31.3 Å². The molecule has 2 aromatic rings. The van der Waals surface area contributed by atoms with Crippen LogP contribution in [0.3, 0.4) is 0 Å². The van der Waals surface area contributed by atoms with E-state index in [1.165, 1.54) is 11.3 Å². The van der Waals surface area contributed by atoms with Gasteiger partial charge in [0.15, 0.2) is 5.16 Å². The Kier molecular flexibility index (Phi) is 4.92. The molecule has 0 spiro atoms. The Morgan fingerprint density at radius 2 is 2.21 bits per heavy atom. The standard InChI is InChI=1S/C11H15N5OS2/c1-4-6-16-8(3)12-14-10(16)18-7-9-13-15-11(19-9)17-5-2/h4H,1,5-7H2,2-3H3. The molecule has 0 bridgehead atoms. The van der Waals surface area contributed by atoms with Crippen LogP contribution in [0.2, 0.25) is 0 Å². The molecule has 8 heteroatoms. The van der Waals surface area contributed by atoms with E-state index < -0.39 is 0 Å². The number of aryl methyl sites for hydroxylation is 1. The van der Waals surface area contributed by atoms with Crippen molar-refractivity contribution < 1.29 is 4.74 Å². The number of rotatable bonds is 7. The van der Waals surface area contributed by atoms with Crippen LogP contribution in [-0.4, -0.2) is 31.6 Å². The predicted octanol–water partition coefficient (Wildman–Crippen LogP) is 2.32. The Hall–Kier alpha value is -1.41. The Balaban J connectivity index is 1.99. The number of thioether (sulfide) groups is 1. The molecule has 0 saturated carbocycles. The van der Waals surface area contributed by atoms with Crippen LogP contribution in [0.5, 0.6) is 5.19 Å². The lowest BCUT2D eigenvalue weighted by molar-refractivity contribution is 0.335. The van der Waals surface area contributed by atoms with Crippen LogP contribution < -0.4 is 4.74 Å². The fourth-order valence-corrected chi connectivity index (χ4v) is 3.14. The number of ether oxygens (including phenoxy) is 1. The molecule has 0 amide bonds. The highest BCUT2D eigenvalue weighted by Gasteiger charge is 2.11. The molecule has 0 radical (unpaired) electrons. The Morgan fingerprint density at radius 1 is 1.37 bits per heavy atom. The zero-order valence-corrected chi connectivity index (χ0v) is 12.5. The van der Waals surface area contributed by atoms with E-state index in [4.69, 9.17) is 4.74 Å². The van der Waals surface area contributed by atoms with Crippen molar-refractivity contribution in [3.8, 4) is 5.19 Å². The fourth-order valence-electron chi connectivity index (χ4n) is 1.41. The van der Waals surface area contributed by atoms with Gasteiger partial charge in [0.1, 0.15) is 10.8 Å². The van der Waals surface area contributed by atoms with E-state index in [1.807, 2.05) is 24.5 Å². The van der Waals surface area contributed by atoms with E-state index in [-0.39, 0.29) is 0 Å². The van der Waals surface area contributed by atoms with Crippen LogP contribution in [0.4, 0.5) is 0 Å². The Bertz CT molecular complexity index is 551. The van der Waals surface area contributed by atoms with Crippen LogP contribution in [-0.2, 0) is 12.3 Å². The molecule has 0 saturated heterocycles. The molecule has 19 heavy (non-hydrogen) atoms. The second-order valence-corrected chi connectivity index (χ2v) is 5.58. The highest BCUT2D eigenvalue weighted by molar-refractivity contribution is 7.98. The van der Waals surface area contributed by atoms with Crippen molar-refractivity contribution >= 4 is 23.1 Å². The third-order valence-corrected chi connectivity index (χ3v) is 4.25. The predicted molar refractivity (Wildman–Crippen MR) is 75.6 cm³/mol. The van der Waals surface area contributed by atoms with Gasteiger partial charge in [0.2, 0.25) is 0 Å². The SMILES string of the molecule is C=CCn1c(C)nnc1SCc1nnc(OCC)s1. The zero-order valence-electron chi connectivity index (χ0n) is 10.9. The van der Waals surface area contributed by atoms with Crippen molar-refractivity contribution in [2.24, 2.45) is 0 Å². The van der Waals surface area contributed by atoms with Crippen molar-refractivity contribution in [3.05, 3.63) is 23.5 Å². The van der Waals surface area contributed by atoms with Gasteiger partial charge in [-0.25, -0.2) is 0 Å². The second kappa shape index (κ2) is 6.67. The first-order valence-electron chi connectivity index (χ1n) is 5.83. The molecule has 0 unspecified atom stereocenters. The van der Waals surface area contributed by atoms with Crippen molar-refractivity contribution in [3.63, 3.8) is 0 Å². The summed E-state index contributed by atoms with van der Waals surface area (Å²) in [6.07, 6.45) is 1.83. The van der Waals surface area contributed by atoms with E-state index in [0.29, 0.717) is 24.1 Å². The summed E-state index contributed by atoms with van der Waals surface area (Å²) < 4.78 is 7.31. The van der Waals surface area contributed by atoms with Gasteiger partial charge in [0, 0.05) is 6.54 Å². The van der Waals surface area contributed by atoms with Crippen LogP contribution in [0.15, 0.2) is 17.8 Å². The first-order valence-corrected chi connectivity index (χ1v) is 7.63. The molecule has 0 fully saturated rings. The summed E-state index contributed by atoms with van der Waals surface area (Å²) in [4.78, 5) is 0. The third kappa shape index (κ3) is 3.54. The molecule has 2 rings (SSSR count). The lowest BCUT2D eigenvalue weighted by Gasteiger charge is -2.03. The molecule has 0 aliphatic rings. The van der Waals surface area contributed by atoms with Gasteiger partial charge in [-0.05, 0) is 13.8 Å². The monoisotopic (exact) mass is 297 g/mol. The van der Waals surface area contributed by atoms with Gasteiger partial charge in [0.05, 0.1) is 12.4 Å². The number of nitrogens with zero attached hydrogens (tertiary/aromatic N) is 5. The molecule has 0 N–H and O–H groups in total. The highest BCUT2D eigenvalue weighted by atomic mass is 32.2. The first kappa shape index (κ1) is 14.0. The fraction of sp³-hybridized carbons (Fsp3) is 0.455. The molecule has 0 aromatic carbocycles. The zero-order chi connectivity index (χ0) is 13.7. The maximum atomic E-state index is 5.29. The lowest BCUT2D eigenvalue weighted by atomic mass is 10.6. The minimum absolute atomic E-state index is 0.606. The number of hydrogen-bond donors (Lipinski definition) is 0. The van der Waals surface area contributed by atoms with Crippen LogP contribution in [0, 0.1) is 6.92 Å². The molecule has 102 valence electrons. The van der Waals surface area contributed by atoms with Crippen molar-refractivity contribution in [1.29, 1.82) is 0 Å². The summed E-state index contributed by atoms with van der Waals surface area (Å²) in [7, 11) is 0. The largest absolute Gasteiger partial charge is 0.469 e. The molecule has 6 nitrogen and oxygen atoms in total. The maximum Gasteiger partial charge on any atom is 0.294 e. The average Bonchev–Trinajstić information content (AvgIpc) is 2.97. The molecular formula is C11H15N5OS2. The summed E-state index contributed by atoms with van der Waals surface area (Å²) >= 11 is 3.05. The first-order chi connectivity index (χ1) is 9.24. The summed E-state index contributed by atoms with van der Waals surface area (Å²) in [6.45, 7) is 8.91. The molecule has 0 aliphatic heterocycles. The average molecular weight is 297 g/mol. The topological polar surface area (TPSA) is 65.7 Å². The van der Waals surface area contributed by atoms with E-state index in [9.17, 15) is 0 Å².